The van der Waals surface area contributed by atoms with Crippen molar-refractivity contribution in [1.82, 2.24) is 4.90 Å². The van der Waals surface area contributed by atoms with Gasteiger partial charge in [-0.3, -0.25) is 0 Å². The van der Waals surface area contributed by atoms with Crippen molar-refractivity contribution in [2.24, 2.45) is 16.7 Å². The Labute approximate surface area is 178 Å². The topological polar surface area (TPSA) is 82.4 Å². The Kier molecular flexibility index (Phi) is 3.83. The van der Waals surface area contributed by atoms with Crippen molar-refractivity contribution < 1.29 is 24.8 Å². The number of nitrogens with zero attached hydrogens (tertiary/aromatic N) is 1. The second kappa shape index (κ2) is 5.77. The van der Waals surface area contributed by atoms with Crippen LogP contribution in [-0.2, 0) is 9.47 Å². The molecule has 3 aliphatic heterocycles. The first-order chi connectivity index (χ1) is 14.1. The molecule has 6 nitrogen and oxygen atoms in total. The van der Waals surface area contributed by atoms with Crippen LogP contribution in [0.3, 0.4) is 0 Å². The number of aliphatic hydroxyl groups excluding tert-OH is 2. The molecule has 3 heterocycles. The predicted molar refractivity (Wildman–Crippen MR) is 111 cm³/mol. The minimum atomic E-state index is -1.17. The van der Waals surface area contributed by atoms with E-state index in [-0.39, 0.29) is 5.41 Å². The molecule has 4 bridgehead atoms. The Morgan fingerprint density at radius 3 is 2.80 bits per heavy atom. The zero-order valence-electron chi connectivity index (χ0n) is 18.4. The Balaban J connectivity index is 1.60. The predicted octanol–water partition coefficient (Wildman–Crippen LogP) is 1.74. The third kappa shape index (κ3) is 1.98. The first-order valence-corrected chi connectivity index (χ1v) is 11.7. The van der Waals surface area contributed by atoms with Crippen molar-refractivity contribution in [1.29, 1.82) is 0 Å². The van der Waals surface area contributed by atoms with E-state index >= 15 is 0 Å². The molecular weight excluding hydrogens is 382 g/mol. The molecular formula is C24H35NO5. The van der Waals surface area contributed by atoms with E-state index in [1.54, 1.807) is 0 Å². The fourth-order valence-electron chi connectivity index (χ4n) is 8.63. The molecule has 3 saturated heterocycles. The molecule has 3 N–H and O–H groups in total. The van der Waals surface area contributed by atoms with E-state index in [1.807, 2.05) is 6.92 Å². The SMILES string of the molecule is C[C@H](O)C1=CC[C@@]23OCCN(C)C[C@@]12C[C@@H](O)[C@]12OC4(O)CC[C@@]1(C)[C@H](CC=C32)C4. The van der Waals surface area contributed by atoms with Crippen molar-refractivity contribution in [3.05, 3.63) is 23.3 Å². The second-order valence-electron chi connectivity index (χ2n) is 11.2. The van der Waals surface area contributed by atoms with Gasteiger partial charge < -0.3 is 29.7 Å². The smallest absolute Gasteiger partial charge is 0.167 e. The lowest BCUT2D eigenvalue weighted by molar-refractivity contribution is -0.401. The first-order valence-electron chi connectivity index (χ1n) is 11.7. The van der Waals surface area contributed by atoms with E-state index in [0.29, 0.717) is 38.2 Å². The molecule has 7 rings (SSSR count). The standard InChI is InChI=1S/C24H35NO5/c1-15(26)17-6-7-23-18-5-4-16-12-22(28)9-8-20(16,2)24(18,30-22)19(27)13-21(17,23)14-25(3)10-11-29-23/h5-6,15-16,19,26-28H,4,7-14H2,1-3H3/t15-,16+,19+,20-,21-,22?,23-,24-/m0/s1. The number of aliphatic hydroxyl groups is 3. The summed E-state index contributed by atoms with van der Waals surface area (Å²) in [4.78, 5) is 2.27. The van der Waals surface area contributed by atoms with Crippen LogP contribution >= 0.6 is 0 Å². The lowest BCUT2D eigenvalue weighted by atomic mass is 9.41. The van der Waals surface area contributed by atoms with E-state index in [1.165, 1.54) is 0 Å². The number of likely N-dealkylation sites (N-methyl/N-ethyl adjacent to an activating group) is 1. The minimum absolute atomic E-state index is 0.225. The van der Waals surface area contributed by atoms with Crippen LogP contribution in [0.5, 0.6) is 0 Å². The molecule has 0 radical (unpaired) electrons. The van der Waals surface area contributed by atoms with Gasteiger partial charge in [0.05, 0.1) is 18.8 Å². The molecule has 30 heavy (non-hydrogen) atoms. The number of fused-ring (bicyclic) bond motifs is 1. The van der Waals surface area contributed by atoms with Crippen molar-refractivity contribution in [2.45, 2.75) is 81.6 Å². The van der Waals surface area contributed by atoms with Gasteiger partial charge in [-0.05, 0) is 56.7 Å². The molecule has 1 unspecified atom stereocenters. The van der Waals surface area contributed by atoms with Crippen LogP contribution < -0.4 is 0 Å². The molecule has 2 saturated carbocycles. The first kappa shape index (κ1) is 19.9. The normalized spacial score (nSPS) is 55.7. The van der Waals surface area contributed by atoms with Crippen molar-refractivity contribution in [3.8, 4) is 0 Å². The third-order valence-electron chi connectivity index (χ3n) is 9.90. The van der Waals surface area contributed by atoms with Crippen LogP contribution in [0, 0.1) is 16.7 Å². The molecule has 0 aromatic rings. The van der Waals surface area contributed by atoms with Crippen LogP contribution in [0.4, 0.5) is 0 Å². The van der Waals surface area contributed by atoms with E-state index in [4.69, 9.17) is 9.47 Å². The summed E-state index contributed by atoms with van der Waals surface area (Å²) in [6, 6.07) is 0. The molecule has 0 aromatic heterocycles. The monoisotopic (exact) mass is 417 g/mol. The van der Waals surface area contributed by atoms with E-state index in [9.17, 15) is 15.3 Å². The van der Waals surface area contributed by atoms with Gasteiger partial charge in [-0.2, -0.15) is 0 Å². The van der Waals surface area contributed by atoms with Gasteiger partial charge in [0.2, 0.25) is 0 Å². The highest BCUT2D eigenvalue weighted by molar-refractivity contribution is 5.52. The quantitative estimate of drug-likeness (QED) is 0.564. The van der Waals surface area contributed by atoms with Crippen molar-refractivity contribution in [2.75, 3.05) is 26.7 Å². The van der Waals surface area contributed by atoms with E-state index < -0.39 is 34.6 Å². The lowest BCUT2D eigenvalue weighted by Crippen LogP contribution is -2.79. The molecule has 166 valence electrons. The van der Waals surface area contributed by atoms with Gasteiger partial charge in [0.1, 0.15) is 11.2 Å². The summed E-state index contributed by atoms with van der Waals surface area (Å²) in [5.74, 6) is -0.869. The van der Waals surface area contributed by atoms with Gasteiger partial charge in [0.25, 0.3) is 0 Å². The summed E-state index contributed by atoms with van der Waals surface area (Å²) >= 11 is 0. The summed E-state index contributed by atoms with van der Waals surface area (Å²) in [6.07, 6.45) is 7.24. The second-order valence-corrected chi connectivity index (χ2v) is 11.2. The van der Waals surface area contributed by atoms with Crippen LogP contribution in [0.15, 0.2) is 23.3 Å². The largest absolute Gasteiger partial charge is 0.390 e. The third-order valence-corrected chi connectivity index (χ3v) is 9.90. The summed E-state index contributed by atoms with van der Waals surface area (Å²) in [5, 5.41) is 33.9. The summed E-state index contributed by atoms with van der Waals surface area (Å²) < 4.78 is 13.4. The number of hydrogen-bond donors (Lipinski definition) is 3. The Bertz CT molecular complexity index is 855. The molecule has 4 aliphatic carbocycles. The highest BCUT2D eigenvalue weighted by Gasteiger charge is 2.79. The maximum atomic E-state index is 11.9. The van der Waals surface area contributed by atoms with Crippen molar-refractivity contribution in [3.63, 3.8) is 0 Å². The van der Waals surface area contributed by atoms with Gasteiger partial charge in [-0.25, -0.2) is 0 Å². The van der Waals surface area contributed by atoms with Gasteiger partial charge in [-0.1, -0.05) is 19.1 Å². The fraction of sp³-hybridized carbons (Fsp3) is 0.833. The van der Waals surface area contributed by atoms with Crippen LogP contribution in [0.2, 0.25) is 0 Å². The summed E-state index contributed by atoms with van der Waals surface area (Å²) in [6.45, 7) is 6.24. The molecule has 7 aliphatic rings. The van der Waals surface area contributed by atoms with Crippen molar-refractivity contribution >= 4 is 0 Å². The zero-order valence-corrected chi connectivity index (χ0v) is 18.4. The molecule has 6 heteroatoms. The minimum Gasteiger partial charge on any atom is -0.390 e. The van der Waals surface area contributed by atoms with Gasteiger partial charge in [0, 0.05) is 36.8 Å². The molecule has 5 fully saturated rings. The number of ether oxygens (including phenoxy) is 2. The molecule has 1 spiro atoms. The number of rotatable bonds is 1. The fourth-order valence-corrected chi connectivity index (χ4v) is 8.63. The Morgan fingerprint density at radius 1 is 1.23 bits per heavy atom. The molecule has 8 atom stereocenters. The van der Waals surface area contributed by atoms with E-state index in [2.05, 4.69) is 31.0 Å². The van der Waals surface area contributed by atoms with Crippen LogP contribution in [0.1, 0.15) is 52.4 Å². The van der Waals surface area contributed by atoms with E-state index in [0.717, 1.165) is 37.1 Å². The number of hydrogen-bond acceptors (Lipinski definition) is 6. The van der Waals surface area contributed by atoms with Crippen LogP contribution in [-0.4, -0.2) is 76.2 Å². The Hall–Kier alpha value is -0.760. The van der Waals surface area contributed by atoms with Gasteiger partial charge in [-0.15, -0.1) is 0 Å². The van der Waals surface area contributed by atoms with Gasteiger partial charge in [0.15, 0.2) is 5.79 Å². The van der Waals surface area contributed by atoms with Gasteiger partial charge >= 0.3 is 0 Å². The average Bonchev–Trinajstić information content (AvgIpc) is 2.88. The molecule has 0 amide bonds. The summed E-state index contributed by atoms with van der Waals surface area (Å²) in [7, 11) is 2.09. The molecule has 0 aromatic carbocycles. The highest BCUT2D eigenvalue weighted by Crippen LogP contribution is 2.74. The zero-order chi connectivity index (χ0) is 21.2. The highest BCUT2D eigenvalue weighted by atomic mass is 16.7. The maximum absolute atomic E-state index is 11.9. The lowest BCUT2D eigenvalue weighted by Gasteiger charge is -2.73. The maximum Gasteiger partial charge on any atom is 0.167 e. The van der Waals surface area contributed by atoms with Crippen LogP contribution in [0.25, 0.3) is 0 Å². The average molecular weight is 418 g/mol. The number of allylic oxidation sites excluding steroid dienone is 1. The summed E-state index contributed by atoms with van der Waals surface area (Å²) in [5.41, 5.74) is -0.252. The Morgan fingerprint density at radius 2 is 2.03 bits per heavy atom.